The van der Waals surface area contributed by atoms with Gasteiger partial charge in [-0.1, -0.05) is 23.7 Å². The van der Waals surface area contributed by atoms with Crippen LogP contribution in [-0.2, 0) is 0 Å². The molecule has 5 rings (SSSR count). The molecule has 0 unspecified atom stereocenters. The van der Waals surface area contributed by atoms with Crippen molar-refractivity contribution in [1.29, 1.82) is 0 Å². The second kappa shape index (κ2) is 7.74. The van der Waals surface area contributed by atoms with Gasteiger partial charge in [0.1, 0.15) is 16.8 Å². The second-order valence-electron chi connectivity index (χ2n) is 7.16. The summed E-state index contributed by atoms with van der Waals surface area (Å²) >= 11 is 5.92. The lowest BCUT2D eigenvalue weighted by Crippen LogP contribution is -2.10. The molecule has 1 N–H and O–H groups in total. The van der Waals surface area contributed by atoms with Gasteiger partial charge in [-0.3, -0.25) is 4.79 Å². The summed E-state index contributed by atoms with van der Waals surface area (Å²) in [7, 11) is 0. The van der Waals surface area contributed by atoms with E-state index in [1.165, 1.54) is 0 Å². The van der Waals surface area contributed by atoms with Crippen molar-refractivity contribution in [3.63, 3.8) is 0 Å². The van der Waals surface area contributed by atoms with Crippen LogP contribution in [0.1, 0.15) is 16.1 Å². The molecule has 0 fully saturated rings. The summed E-state index contributed by atoms with van der Waals surface area (Å²) in [6, 6.07) is 24.0. The molecule has 0 aliphatic heterocycles. The maximum atomic E-state index is 12.6. The van der Waals surface area contributed by atoms with Gasteiger partial charge in [-0.05, 0) is 79.2 Å². The Kier molecular flexibility index (Phi) is 4.76. The number of aromatic nitrogens is 3. The molecule has 7 heteroatoms. The van der Waals surface area contributed by atoms with E-state index in [0.29, 0.717) is 22.0 Å². The quantitative estimate of drug-likeness (QED) is 0.387. The highest BCUT2D eigenvalue weighted by Crippen LogP contribution is 2.25. The highest BCUT2D eigenvalue weighted by Gasteiger charge is 2.14. The van der Waals surface area contributed by atoms with Crippen molar-refractivity contribution in [2.45, 2.75) is 6.92 Å². The molecule has 31 heavy (non-hydrogen) atoms. The molecule has 0 bridgehead atoms. The smallest absolute Gasteiger partial charge is 0.291 e. The van der Waals surface area contributed by atoms with Crippen LogP contribution in [0, 0.1) is 6.92 Å². The van der Waals surface area contributed by atoms with Crippen LogP contribution < -0.4 is 5.32 Å². The molecule has 6 nitrogen and oxygen atoms in total. The lowest BCUT2D eigenvalue weighted by atomic mass is 10.2. The number of benzene rings is 3. The summed E-state index contributed by atoms with van der Waals surface area (Å²) in [4.78, 5) is 14.2. The number of furan rings is 1. The molecule has 5 aromatic rings. The zero-order chi connectivity index (χ0) is 21.4. The van der Waals surface area contributed by atoms with E-state index < -0.39 is 0 Å². The number of halogens is 1. The average Bonchev–Trinajstić information content (AvgIpc) is 3.41. The molecule has 0 spiro atoms. The lowest BCUT2D eigenvalue weighted by Gasteiger charge is -2.02. The van der Waals surface area contributed by atoms with E-state index in [9.17, 15) is 4.79 Å². The Morgan fingerprint density at radius 1 is 0.935 bits per heavy atom. The third kappa shape index (κ3) is 3.93. The van der Waals surface area contributed by atoms with Crippen molar-refractivity contribution in [1.82, 2.24) is 15.0 Å². The van der Waals surface area contributed by atoms with Crippen LogP contribution in [-0.4, -0.2) is 20.9 Å². The van der Waals surface area contributed by atoms with Gasteiger partial charge in [-0.25, -0.2) is 0 Å². The molecule has 0 aliphatic rings. The van der Waals surface area contributed by atoms with Crippen molar-refractivity contribution >= 4 is 34.2 Å². The minimum atomic E-state index is -0.342. The molecule has 1 amide bonds. The van der Waals surface area contributed by atoms with Gasteiger partial charge in [0.25, 0.3) is 5.91 Å². The first-order chi connectivity index (χ1) is 15.0. The molecule has 0 saturated heterocycles. The fourth-order valence-corrected chi connectivity index (χ4v) is 3.41. The number of nitrogens with zero attached hydrogens (tertiary/aromatic N) is 3. The van der Waals surface area contributed by atoms with Gasteiger partial charge in [0.2, 0.25) is 0 Å². The fraction of sp³-hybridized carbons (Fsp3) is 0.0417. The standard InChI is InChI=1S/C24H17ClN4O2/c1-15-3-2-4-19(13-15)29-27-20-10-9-18(14-21(20)28-29)26-24(30)23-12-11-22(31-23)16-5-7-17(25)8-6-16/h2-14H,1H3,(H,26,30). The first kappa shape index (κ1) is 19.1. The third-order valence-electron chi connectivity index (χ3n) is 4.83. The zero-order valence-corrected chi connectivity index (χ0v) is 17.3. The van der Waals surface area contributed by atoms with Gasteiger partial charge in [0, 0.05) is 16.3 Å². The Bertz CT molecular complexity index is 1400. The molecule has 0 atom stereocenters. The van der Waals surface area contributed by atoms with Crippen LogP contribution in [0.5, 0.6) is 0 Å². The fourth-order valence-electron chi connectivity index (χ4n) is 3.28. The topological polar surface area (TPSA) is 73.0 Å². The average molecular weight is 429 g/mol. The third-order valence-corrected chi connectivity index (χ3v) is 5.08. The van der Waals surface area contributed by atoms with Crippen molar-refractivity contribution in [3.05, 3.63) is 95.2 Å². The van der Waals surface area contributed by atoms with E-state index in [1.54, 1.807) is 41.2 Å². The highest BCUT2D eigenvalue weighted by molar-refractivity contribution is 6.30. The predicted octanol–water partition coefficient (Wildman–Crippen LogP) is 5.89. The number of hydrogen-bond donors (Lipinski definition) is 1. The summed E-state index contributed by atoms with van der Waals surface area (Å²) < 4.78 is 5.72. The van der Waals surface area contributed by atoms with E-state index in [-0.39, 0.29) is 11.7 Å². The predicted molar refractivity (Wildman–Crippen MR) is 121 cm³/mol. The Hall–Kier alpha value is -3.90. The SMILES string of the molecule is Cc1cccc(-n2nc3ccc(NC(=O)c4ccc(-c5ccc(Cl)cc5)o4)cc3n2)c1. The number of fused-ring (bicyclic) bond motifs is 1. The molecular formula is C24H17ClN4O2. The molecule has 0 aliphatic carbocycles. The van der Waals surface area contributed by atoms with Crippen LogP contribution in [0.4, 0.5) is 5.69 Å². The number of anilines is 1. The van der Waals surface area contributed by atoms with E-state index >= 15 is 0 Å². The first-order valence-electron chi connectivity index (χ1n) is 9.66. The van der Waals surface area contributed by atoms with Crippen molar-refractivity contribution in [2.75, 3.05) is 5.32 Å². The second-order valence-corrected chi connectivity index (χ2v) is 7.59. The number of hydrogen-bond acceptors (Lipinski definition) is 4. The Morgan fingerprint density at radius 3 is 2.55 bits per heavy atom. The van der Waals surface area contributed by atoms with Gasteiger partial charge >= 0.3 is 0 Å². The molecule has 152 valence electrons. The van der Waals surface area contributed by atoms with Gasteiger partial charge < -0.3 is 9.73 Å². The summed E-state index contributed by atoms with van der Waals surface area (Å²) in [5.41, 5.74) is 4.88. The number of nitrogens with one attached hydrogen (secondary N) is 1. The number of carbonyl (C=O) groups excluding carboxylic acids is 1. The van der Waals surface area contributed by atoms with E-state index in [2.05, 4.69) is 15.5 Å². The number of rotatable bonds is 4. The van der Waals surface area contributed by atoms with E-state index in [4.69, 9.17) is 16.0 Å². The highest BCUT2D eigenvalue weighted by atomic mass is 35.5. The number of amides is 1. The maximum absolute atomic E-state index is 12.6. The van der Waals surface area contributed by atoms with Gasteiger partial charge in [0.15, 0.2) is 5.76 Å². The number of carbonyl (C=O) groups is 1. The summed E-state index contributed by atoms with van der Waals surface area (Å²) in [5, 5.41) is 12.5. The summed E-state index contributed by atoms with van der Waals surface area (Å²) in [6.45, 7) is 2.02. The summed E-state index contributed by atoms with van der Waals surface area (Å²) in [5.74, 6) is 0.470. The molecular weight excluding hydrogens is 412 g/mol. The largest absolute Gasteiger partial charge is 0.451 e. The molecule has 0 saturated carbocycles. The Labute approximate surface area is 183 Å². The van der Waals surface area contributed by atoms with Crippen LogP contribution >= 0.6 is 11.6 Å². The molecule has 2 heterocycles. The van der Waals surface area contributed by atoms with Crippen LogP contribution in [0.15, 0.2) is 83.3 Å². The Morgan fingerprint density at radius 2 is 1.74 bits per heavy atom. The zero-order valence-electron chi connectivity index (χ0n) is 16.5. The molecule has 3 aromatic carbocycles. The van der Waals surface area contributed by atoms with Gasteiger partial charge in [-0.2, -0.15) is 4.80 Å². The van der Waals surface area contributed by atoms with Crippen molar-refractivity contribution < 1.29 is 9.21 Å². The lowest BCUT2D eigenvalue weighted by molar-refractivity contribution is 0.0997. The minimum absolute atomic E-state index is 0.216. The van der Waals surface area contributed by atoms with E-state index in [1.807, 2.05) is 49.4 Å². The van der Waals surface area contributed by atoms with Gasteiger partial charge in [0.05, 0.1) is 5.69 Å². The number of aryl methyl sites for hydroxylation is 1. The van der Waals surface area contributed by atoms with Crippen LogP contribution in [0.2, 0.25) is 5.02 Å². The van der Waals surface area contributed by atoms with Crippen molar-refractivity contribution in [3.8, 4) is 17.0 Å². The van der Waals surface area contributed by atoms with Gasteiger partial charge in [-0.15, -0.1) is 10.2 Å². The maximum Gasteiger partial charge on any atom is 0.291 e. The molecule has 2 aromatic heterocycles. The normalized spacial score (nSPS) is 11.0. The minimum Gasteiger partial charge on any atom is -0.451 e. The van der Waals surface area contributed by atoms with E-state index in [0.717, 1.165) is 22.3 Å². The molecule has 0 radical (unpaired) electrons. The van der Waals surface area contributed by atoms with Crippen LogP contribution in [0.3, 0.4) is 0 Å². The van der Waals surface area contributed by atoms with Crippen LogP contribution in [0.25, 0.3) is 28.0 Å². The van der Waals surface area contributed by atoms with Crippen molar-refractivity contribution in [2.24, 2.45) is 0 Å². The summed E-state index contributed by atoms with van der Waals surface area (Å²) in [6.07, 6.45) is 0. The Balaban J connectivity index is 1.36. The monoisotopic (exact) mass is 428 g/mol. The first-order valence-corrected chi connectivity index (χ1v) is 10.0.